The average molecular weight is 335 g/mol. The molecule has 0 aliphatic heterocycles. The monoisotopic (exact) mass is 335 g/mol. The van der Waals surface area contributed by atoms with Gasteiger partial charge in [-0.2, -0.15) is 5.10 Å². The van der Waals surface area contributed by atoms with Crippen molar-refractivity contribution in [3.05, 3.63) is 65.6 Å². The molecule has 0 unspecified atom stereocenters. The highest BCUT2D eigenvalue weighted by atomic mass is 16.2. The van der Waals surface area contributed by atoms with E-state index in [4.69, 9.17) is 0 Å². The molecule has 3 aromatic rings. The molecule has 0 bridgehead atoms. The third-order valence-corrected chi connectivity index (χ3v) is 4.10. The van der Waals surface area contributed by atoms with Crippen molar-refractivity contribution in [2.24, 2.45) is 7.05 Å². The van der Waals surface area contributed by atoms with Crippen molar-refractivity contribution >= 4 is 11.7 Å². The second-order valence-electron chi connectivity index (χ2n) is 5.99. The van der Waals surface area contributed by atoms with Gasteiger partial charge in [-0.05, 0) is 55.3 Å². The molecule has 0 aliphatic carbocycles. The van der Waals surface area contributed by atoms with E-state index in [0.29, 0.717) is 6.54 Å². The number of aromatic nitrogens is 3. The number of rotatable bonds is 4. The summed E-state index contributed by atoms with van der Waals surface area (Å²) in [6.07, 6.45) is 3.49. The number of anilines is 1. The van der Waals surface area contributed by atoms with Crippen LogP contribution in [0.3, 0.4) is 0 Å². The molecule has 25 heavy (non-hydrogen) atoms. The Morgan fingerprint density at radius 1 is 1.08 bits per heavy atom. The minimum Gasteiger partial charge on any atom is -0.332 e. The Bertz CT molecular complexity index is 886. The number of benzene rings is 1. The summed E-state index contributed by atoms with van der Waals surface area (Å²) in [5.41, 5.74) is 5.93. The topological polar surface area (TPSA) is 71.8 Å². The van der Waals surface area contributed by atoms with Crippen LogP contribution >= 0.6 is 0 Å². The van der Waals surface area contributed by atoms with Crippen LogP contribution in [-0.4, -0.2) is 20.8 Å². The Balaban J connectivity index is 1.62. The van der Waals surface area contributed by atoms with Crippen LogP contribution in [0.15, 0.2) is 48.8 Å². The zero-order valence-corrected chi connectivity index (χ0v) is 14.6. The van der Waals surface area contributed by atoms with Crippen molar-refractivity contribution in [2.45, 2.75) is 20.4 Å². The van der Waals surface area contributed by atoms with E-state index >= 15 is 0 Å². The molecule has 2 aromatic heterocycles. The Kier molecular flexibility index (Phi) is 4.79. The van der Waals surface area contributed by atoms with Gasteiger partial charge in [0.05, 0.1) is 17.9 Å². The van der Waals surface area contributed by atoms with Crippen molar-refractivity contribution in [3.63, 3.8) is 0 Å². The molecule has 0 radical (unpaired) electrons. The van der Waals surface area contributed by atoms with Gasteiger partial charge >= 0.3 is 6.03 Å². The summed E-state index contributed by atoms with van der Waals surface area (Å²) < 4.78 is 1.80. The van der Waals surface area contributed by atoms with Crippen molar-refractivity contribution < 1.29 is 4.79 Å². The van der Waals surface area contributed by atoms with Crippen LogP contribution < -0.4 is 10.6 Å². The summed E-state index contributed by atoms with van der Waals surface area (Å²) in [6.45, 7) is 4.42. The van der Waals surface area contributed by atoms with E-state index in [-0.39, 0.29) is 6.03 Å². The van der Waals surface area contributed by atoms with E-state index in [0.717, 1.165) is 28.2 Å². The maximum atomic E-state index is 12.1. The van der Waals surface area contributed by atoms with E-state index in [2.05, 4.69) is 20.7 Å². The molecule has 3 rings (SSSR count). The minimum absolute atomic E-state index is 0.251. The summed E-state index contributed by atoms with van der Waals surface area (Å²) in [7, 11) is 1.88. The van der Waals surface area contributed by atoms with Gasteiger partial charge in [0.1, 0.15) is 0 Å². The summed E-state index contributed by atoms with van der Waals surface area (Å²) in [5, 5.41) is 10.1. The Morgan fingerprint density at radius 3 is 2.56 bits per heavy atom. The number of carbonyl (C=O) groups is 1. The third kappa shape index (κ3) is 4.03. The van der Waals surface area contributed by atoms with Crippen LogP contribution in [0.5, 0.6) is 0 Å². The second-order valence-corrected chi connectivity index (χ2v) is 5.99. The normalized spacial score (nSPS) is 10.5. The zero-order chi connectivity index (χ0) is 17.8. The van der Waals surface area contributed by atoms with Crippen LogP contribution in [0.25, 0.3) is 11.3 Å². The molecule has 0 saturated heterocycles. The molecule has 0 atom stereocenters. The predicted molar refractivity (Wildman–Crippen MR) is 98.2 cm³/mol. The number of hydrogen-bond donors (Lipinski definition) is 2. The Hall–Kier alpha value is -3.15. The summed E-state index contributed by atoms with van der Waals surface area (Å²) >= 11 is 0. The maximum absolute atomic E-state index is 12.1. The molecule has 0 spiro atoms. The molecule has 0 aliphatic rings. The van der Waals surface area contributed by atoms with Gasteiger partial charge < -0.3 is 10.6 Å². The number of nitrogens with zero attached hydrogens (tertiary/aromatic N) is 3. The molecule has 2 N–H and O–H groups in total. The summed E-state index contributed by atoms with van der Waals surface area (Å²) in [4.78, 5) is 16.1. The highest BCUT2D eigenvalue weighted by Crippen LogP contribution is 2.18. The number of amides is 2. The zero-order valence-electron chi connectivity index (χ0n) is 14.6. The van der Waals surface area contributed by atoms with E-state index in [1.807, 2.05) is 57.3 Å². The highest BCUT2D eigenvalue weighted by molar-refractivity contribution is 5.89. The quantitative estimate of drug-likeness (QED) is 0.767. The van der Waals surface area contributed by atoms with Gasteiger partial charge in [0.2, 0.25) is 0 Å². The lowest BCUT2D eigenvalue weighted by Gasteiger charge is -2.08. The smallest absolute Gasteiger partial charge is 0.319 e. The van der Waals surface area contributed by atoms with Crippen LogP contribution in [0, 0.1) is 13.8 Å². The number of pyridine rings is 1. The van der Waals surface area contributed by atoms with Gasteiger partial charge in [-0.15, -0.1) is 0 Å². The first-order valence-corrected chi connectivity index (χ1v) is 8.08. The van der Waals surface area contributed by atoms with Crippen molar-refractivity contribution in [1.82, 2.24) is 20.1 Å². The van der Waals surface area contributed by atoms with Gasteiger partial charge in [-0.1, -0.05) is 6.07 Å². The Morgan fingerprint density at radius 2 is 1.84 bits per heavy atom. The van der Waals surface area contributed by atoms with E-state index in [1.54, 1.807) is 17.1 Å². The minimum atomic E-state index is -0.251. The van der Waals surface area contributed by atoms with Gasteiger partial charge in [0.25, 0.3) is 0 Å². The highest BCUT2D eigenvalue weighted by Gasteiger charge is 2.09. The molecule has 6 nitrogen and oxygen atoms in total. The first-order valence-electron chi connectivity index (χ1n) is 8.08. The van der Waals surface area contributed by atoms with Gasteiger partial charge in [0.15, 0.2) is 0 Å². The predicted octanol–water partition coefficient (Wildman–Crippen LogP) is 3.42. The fraction of sp³-hybridized carbons (Fsp3) is 0.211. The molecule has 6 heteroatoms. The van der Waals surface area contributed by atoms with Crippen molar-refractivity contribution in [2.75, 3.05) is 5.32 Å². The second kappa shape index (κ2) is 7.17. The lowest BCUT2D eigenvalue weighted by molar-refractivity contribution is 0.251. The van der Waals surface area contributed by atoms with Gasteiger partial charge in [-0.3, -0.25) is 9.67 Å². The molecule has 2 heterocycles. The standard InChI is InChI=1S/C19H21N5O/c1-13-4-5-16(10-14(13)2)22-19(25)21-12-17-11-18(24(3)23-17)15-6-8-20-9-7-15/h4-11H,12H2,1-3H3,(H2,21,22,25). The maximum Gasteiger partial charge on any atom is 0.319 e. The Labute approximate surface area is 146 Å². The first-order chi connectivity index (χ1) is 12.0. The molecule has 0 saturated carbocycles. The molecule has 2 amide bonds. The lowest BCUT2D eigenvalue weighted by atomic mass is 10.1. The molecule has 1 aromatic carbocycles. The number of nitrogens with one attached hydrogen (secondary N) is 2. The SMILES string of the molecule is Cc1ccc(NC(=O)NCc2cc(-c3ccncc3)n(C)n2)cc1C. The molecule has 128 valence electrons. The number of carbonyl (C=O) groups excluding carboxylic acids is 1. The van der Waals surface area contributed by atoms with Gasteiger partial charge in [0, 0.05) is 30.7 Å². The molecular formula is C19H21N5O. The largest absolute Gasteiger partial charge is 0.332 e. The van der Waals surface area contributed by atoms with Crippen LogP contribution in [0.2, 0.25) is 0 Å². The average Bonchev–Trinajstić information content (AvgIpc) is 2.98. The van der Waals surface area contributed by atoms with Crippen LogP contribution in [0.4, 0.5) is 10.5 Å². The third-order valence-electron chi connectivity index (χ3n) is 4.10. The van der Waals surface area contributed by atoms with E-state index in [9.17, 15) is 4.79 Å². The molecule has 0 fully saturated rings. The number of aryl methyl sites for hydroxylation is 3. The summed E-state index contributed by atoms with van der Waals surface area (Å²) in [6, 6.07) is 11.4. The fourth-order valence-corrected chi connectivity index (χ4v) is 2.57. The first kappa shape index (κ1) is 16.7. The summed E-state index contributed by atoms with van der Waals surface area (Å²) in [5.74, 6) is 0. The fourth-order valence-electron chi connectivity index (χ4n) is 2.57. The van der Waals surface area contributed by atoms with Crippen molar-refractivity contribution in [3.8, 4) is 11.3 Å². The van der Waals surface area contributed by atoms with Crippen molar-refractivity contribution in [1.29, 1.82) is 0 Å². The van der Waals surface area contributed by atoms with Crippen LogP contribution in [0.1, 0.15) is 16.8 Å². The van der Waals surface area contributed by atoms with Crippen LogP contribution in [-0.2, 0) is 13.6 Å². The van der Waals surface area contributed by atoms with E-state index in [1.165, 1.54) is 5.56 Å². The van der Waals surface area contributed by atoms with Gasteiger partial charge in [-0.25, -0.2) is 4.79 Å². The molecular weight excluding hydrogens is 314 g/mol. The number of urea groups is 1. The van der Waals surface area contributed by atoms with E-state index < -0.39 is 0 Å². The lowest BCUT2D eigenvalue weighted by Crippen LogP contribution is -2.28. The number of hydrogen-bond acceptors (Lipinski definition) is 3.